The molecule has 1 amide bonds. The van der Waals surface area contributed by atoms with Gasteiger partial charge in [-0.3, -0.25) is 4.79 Å². The third kappa shape index (κ3) is 4.00. The Hall–Kier alpha value is -1.95. The predicted octanol–water partition coefficient (Wildman–Crippen LogP) is 3.31. The number of hydrogen-bond acceptors (Lipinski definition) is 5. The molecule has 2 aliphatic rings. The van der Waals surface area contributed by atoms with Crippen LogP contribution in [0, 0.1) is 5.92 Å². The number of carbonyl (C=O) groups is 2. The van der Waals surface area contributed by atoms with Crippen molar-refractivity contribution in [3.8, 4) is 11.5 Å². The third-order valence-electron chi connectivity index (χ3n) is 4.76. The van der Waals surface area contributed by atoms with Crippen molar-refractivity contribution in [3.63, 3.8) is 0 Å². The Morgan fingerprint density at radius 2 is 2.04 bits per heavy atom. The van der Waals surface area contributed by atoms with Gasteiger partial charge in [-0.2, -0.15) is 0 Å². The van der Waals surface area contributed by atoms with E-state index in [9.17, 15) is 9.59 Å². The van der Waals surface area contributed by atoms with Crippen molar-refractivity contribution >= 4 is 23.5 Å². The molecule has 0 radical (unpaired) electrons. The molecule has 1 heterocycles. The van der Waals surface area contributed by atoms with E-state index in [2.05, 4.69) is 12.2 Å². The molecule has 0 saturated heterocycles. The summed E-state index contributed by atoms with van der Waals surface area (Å²) in [5, 5.41) is 3.26. The zero-order valence-corrected chi connectivity index (χ0v) is 15.1. The summed E-state index contributed by atoms with van der Waals surface area (Å²) < 4.78 is 15.7. The number of carbonyl (C=O) groups excluding carboxylic acids is 2. The van der Waals surface area contributed by atoms with Crippen LogP contribution in [0.5, 0.6) is 11.5 Å². The first kappa shape index (κ1) is 17.9. The molecule has 1 fully saturated rings. The van der Waals surface area contributed by atoms with Crippen molar-refractivity contribution in [2.45, 2.75) is 51.7 Å². The minimum absolute atomic E-state index is 0.0614. The van der Waals surface area contributed by atoms with E-state index < -0.39 is 12.1 Å². The first-order chi connectivity index (χ1) is 12.0. The predicted molar refractivity (Wildman–Crippen MR) is 92.0 cm³/mol. The van der Waals surface area contributed by atoms with E-state index in [4.69, 9.17) is 25.8 Å². The molecule has 1 N–H and O–H groups in total. The van der Waals surface area contributed by atoms with Gasteiger partial charge >= 0.3 is 5.97 Å². The minimum atomic E-state index is -0.883. The lowest BCUT2D eigenvalue weighted by Gasteiger charge is -2.30. The van der Waals surface area contributed by atoms with Crippen LogP contribution < -0.4 is 14.8 Å². The van der Waals surface area contributed by atoms with Crippen LogP contribution in [0.1, 0.15) is 49.9 Å². The number of nitrogens with one attached hydrogen (secondary N) is 1. The van der Waals surface area contributed by atoms with Gasteiger partial charge in [0.1, 0.15) is 0 Å². The van der Waals surface area contributed by atoms with Crippen LogP contribution in [0.25, 0.3) is 0 Å². The number of rotatable bonds is 4. The molecule has 1 aliphatic carbocycles. The summed E-state index contributed by atoms with van der Waals surface area (Å²) in [7, 11) is 0. The maximum Gasteiger partial charge on any atom is 0.339 e. The van der Waals surface area contributed by atoms with Crippen LogP contribution in [0.15, 0.2) is 12.1 Å². The summed E-state index contributed by atoms with van der Waals surface area (Å²) in [6.07, 6.45) is 3.49. The van der Waals surface area contributed by atoms with Gasteiger partial charge in [0, 0.05) is 6.04 Å². The van der Waals surface area contributed by atoms with E-state index in [0.717, 1.165) is 19.3 Å². The normalized spacial score (nSPS) is 23.0. The number of esters is 1. The van der Waals surface area contributed by atoms with Crippen molar-refractivity contribution in [1.29, 1.82) is 0 Å². The summed E-state index contributed by atoms with van der Waals surface area (Å²) in [6.45, 7) is 3.76. The third-order valence-corrected chi connectivity index (χ3v) is 5.04. The molecule has 0 spiro atoms. The van der Waals surface area contributed by atoms with E-state index in [1.807, 2.05) is 0 Å². The largest absolute Gasteiger partial charge is 0.454 e. The Balaban J connectivity index is 1.60. The van der Waals surface area contributed by atoms with E-state index in [0.29, 0.717) is 17.4 Å². The van der Waals surface area contributed by atoms with E-state index in [-0.39, 0.29) is 29.3 Å². The first-order valence-corrected chi connectivity index (χ1v) is 8.94. The highest BCUT2D eigenvalue weighted by Gasteiger charge is 2.27. The zero-order chi connectivity index (χ0) is 18.0. The Morgan fingerprint density at radius 3 is 2.80 bits per heavy atom. The average molecular weight is 368 g/mol. The second-order valence-corrected chi connectivity index (χ2v) is 7.02. The molecular formula is C18H22ClNO5. The number of ether oxygens (including phenoxy) is 3. The zero-order valence-electron chi connectivity index (χ0n) is 14.3. The number of halogens is 1. The molecule has 1 aromatic rings. The number of hydrogen-bond donors (Lipinski definition) is 1. The van der Waals surface area contributed by atoms with Crippen molar-refractivity contribution in [1.82, 2.24) is 5.32 Å². The second kappa shape index (κ2) is 7.52. The van der Waals surface area contributed by atoms with Crippen LogP contribution >= 0.6 is 11.6 Å². The van der Waals surface area contributed by atoms with Crippen molar-refractivity contribution in [2.75, 3.05) is 6.79 Å². The Morgan fingerprint density at radius 1 is 1.28 bits per heavy atom. The highest BCUT2D eigenvalue weighted by molar-refractivity contribution is 6.32. The molecule has 3 rings (SSSR count). The molecule has 136 valence electrons. The molecule has 1 aliphatic heterocycles. The van der Waals surface area contributed by atoms with E-state index in [1.54, 1.807) is 6.92 Å². The fourth-order valence-electron chi connectivity index (χ4n) is 3.20. The maximum atomic E-state index is 12.3. The molecule has 1 saturated carbocycles. The lowest BCUT2D eigenvalue weighted by molar-refractivity contribution is -0.130. The molecule has 25 heavy (non-hydrogen) atoms. The smallest absolute Gasteiger partial charge is 0.339 e. The summed E-state index contributed by atoms with van der Waals surface area (Å²) in [5.41, 5.74) is 0.222. The lowest BCUT2D eigenvalue weighted by Crippen LogP contribution is -2.45. The van der Waals surface area contributed by atoms with Crippen LogP contribution in [-0.4, -0.2) is 30.8 Å². The van der Waals surface area contributed by atoms with E-state index in [1.165, 1.54) is 18.6 Å². The highest BCUT2D eigenvalue weighted by atomic mass is 35.5. The van der Waals surface area contributed by atoms with E-state index >= 15 is 0 Å². The molecule has 0 bridgehead atoms. The van der Waals surface area contributed by atoms with Gasteiger partial charge in [0.15, 0.2) is 17.6 Å². The SMILES string of the molecule is C[C@H](OC(=O)c1cc(Cl)c2c(c1)OCO2)C(=O)N[C@@H]1CCCC[C@H]1C. The molecular weight excluding hydrogens is 346 g/mol. The Kier molecular flexibility index (Phi) is 5.37. The van der Waals surface area contributed by atoms with Crippen LogP contribution in [0.4, 0.5) is 0 Å². The molecule has 1 aromatic carbocycles. The molecule has 0 aromatic heterocycles. The van der Waals surface area contributed by atoms with Gasteiger partial charge in [0.2, 0.25) is 6.79 Å². The van der Waals surface area contributed by atoms with Gasteiger partial charge < -0.3 is 19.5 Å². The monoisotopic (exact) mass is 367 g/mol. The van der Waals surface area contributed by atoms with Crippen molar-refractivity contribution < 1.29 is 23.8 Å². The fourth-order valence-corrected chi connectivity index (χ4v) is 3.46. The summed E-state index contributed by atoms with van der Waals surface area (Å²) in [5.74, 6) is 0.342. The van der Waals surface area contributed by atoms with Gasteiger partial charge in [-0.05, 0) is 37.8 Å². The quantitative estimate of drug-likeness (QED) is 0.826. The Labute approximate surface area is 151 Å². The fraction of sp³-hybridized carbons (Fsp3) is 0.556. The topological polar surface area (TPSA) is 73.9 Å². The number of benzene rings is 1. The van der Waals surface area contributed by atoms with Gasteiger partial charge in [-0.25, -0.2) is 4.79 Å². The summed E-state index contributed by atoms with van der Waals surface area (Å²) >= 11 is 6.07. The molecule has 0 unspecified atom stereocenters. The van der Waals surface area contributed by atoms with Gasteiger partial charge in [-0.15, -0.1) is 0 Å². The van der Waals surface area contributed by atoms with Gasteiger partial charge in [0.25, 0.3) is 5.91 Å². The second-order valence-electron chi connectivity index (χ2n) is 6.62. The summed E-state index contributed by atoms with van der Waals surface area (Å²) in [4.78, 5) is 24.6. The minimum Gasteiger partial charge on any atom is -0.454 e. The first-order valence-electron chi connectivity index (χ1n) is 8.56. The van der Waals surface area contributed by atoms with Crippen LogP contribution in [0.3, 0.4) is 0 Å². The highest BCUT2D eigenvalue weighted by Crippen LogP contribution is 2.40. The van der Waals surface area contributed by atoms with Crippen molar-refractivity contribution in [2.24, 2.45) is 5.92 Å². The molecule has 7 heteroatoms. The average Bonchev–Trinajstić information content (AvgIpc) is 3.06. The summed E-state index contributed by atoms with van der Waals surface area (Å²) in [6, 6.07) is 3.10. The van der Waals surface area contributed by atoms with Crippen molar-refractivity contribution in [3.05, 3.63) is 22.7 Å². The van der Waals surface area contributed by atoms with Gasteiger partial charge in [0.05, 0.1) is 10.6 Å². The Bertz CT molecular complexity index is 678. The molecule has 3 atom stereocenters. The maximum absolute atomic E-state index is 12.3. The lowest BCUT2D eigenvalue weighted by atomic mass is 9.86. The van der Waals surface area contributed by atoms with Crippen LogP contribution in [-0.2, 0) is 9.53 Å². The van der Waals surface area contributed by atoms with Gasteiger partial charge in [-0.1, -0.05) is 31.4 Å². The standard InChI is InChI=1S/C18H22ClNO5/c1-10-5-3-4-6-14(10)20-17(21)11(2)25-18(22)12-7-13(19)16-15(8-12)23-9-24-16/h7-8,10-11,14H,3-6,9H2,1-2H3,(H,20,21)/t10-,11+,14-/m1/s1. The number of fused-ring (bicyclic) bond motifs is 1. The van der Waals surface area contributed by atoms with Crippen LogP contribution in [0.2, 0.25) is 5.02 Å². The molecule has 6 nitrogen and oxygen atoms in total. The number of amides is 1.